The van der Waals surface area contributed by atoms with Gasteiger partial charge in [-0.1, -0.05) is 67.4 Å². The number of allylic oxidation sites excluding steroid dienone is 6. The minimum absolute atomic E-state index is 0.0608. The van der Waals surface area contributed by atoms with Gasteiger partial charge >= 0.3 is 5.97 Å². The van der Waals surface area contributed by atoms with Crippen molar-refractivity contribution >= 4 is 11.8 Å². The number of hydrogen-bond acceptors (Lipinski definition) is 5. The highest BCUT2D eigenvalue weighted by molar-refractivity contribution is 6.26. The molecule has 5 heteroatoms. The zero-order chi connectivity index (χ0) is 28.7. The van der Waals surface area contributed by atoms with Crippen LogP contribution in [0.25, 0.3) is 0 Å². The second-order valence-electron chi connectivity index (χ2n) is 13.9. The summed E-state index contributed by atoms with van der Waals surface area (Å²) in [5.41, 5.74) is 1.15. The van der Waals surface area contributed by atoms with Crippen LogP contribution in [0.4, 0.5) is 0 Å². The first-order valence-electron chi connectivity index (χ1n) is 14.8. The normalized spacial score (nSPS) is 47.4. The van der Waals surface area contributed by atoms with E-state index in [4.69, 9.17) is 4.74 Å². The molecule has 2 bridgehead atoms. The monoisotopic (exact) mass is 534 g/mol. The van der Waals surface area contributed by atoms with E-state index in [1.165, 1.54) is 5.57 Å². The molecule has 1 saturated heterocycles. The average Bonchev–Trinajstić information content (AvgIpc) is 3.09. The van der Waals surface area contributed by atoms with Crippen molar-refractivity contribution in [2.24, 2.45) is 40.4 Å². The number of carbonyl (C=O) groups is 2. The van der Waals surface area contributed by atoms with Crippen LogP contribution in [0.15, 0.2) is 57.9 Å². The molecule has 0 amide bonds. The molecule has 2 fully saturated rings. The van der Waals surface area contributed by atoms with Crippen LogP contribution in [-0.2, 0) is 14.3 Å². The largest absolute Gasteiger partial charge is 0.511 e. The lowest BCUT2D eigenvalue weighted by molar-refractivity contribution is -0.162. The van der Waals surface area contributed by atoms with Crippen LogP contribution in [0.1, 0.15) is 87.5 Å². The van der Waals surface area contributed by atoms with Crippen LogP contribution in [-0.4, -0.2) is 33.7 Å². The molecule has 9 atom stereocenters. The molecule has 0 aromatic carbocycles. The molecule has 1 aliphatic heterocycles. The van der Waals surface area contributed by atoms with Gasteiger partial charge in [0.15, 0.2) is 5.60 Å². The lowest BCUT2D eigenvalue weighted by Gasteiger charge is -2.55. The van der Waals surface area contributed by atoms with E-state index in [2.05, 4.69) is 65.8 Å². The predicted molar refractivity (Wildman–Crippen MR) is 153 cm³/mol. The first-order chi connectivity index (χ1) is 18.2. The summed E-state index contributed by atoms with van der Waals surface area (Å²) in [7, 11) is 0. The van der Waals surface area contributed by atoms with Gasteiger partial charge in [-0.05, 0) is 78.1 Å². The molecule has 0 unspecified atom stereocenters. The molecular formula is C34H46O5. The molecule has 1 spiro atoms. The highest BCUT2D eigenvalue weighted by Crippen LogP contribution is 2.62. The first kappa shape index (κ1) is 28.1. The van der Waals surface area contributed by atoms with Crippen LogP contribution < -0.4 is 0 Å². The summed E-state index contributed by atoms with van der Waals surface area (Å²) in [4.78, 5) is 28.4. The smallest absolute Gasteiger partial charge is 0.346 e. The number of Topliss-reactive ketones (excluding diaryl/α,β-unsaturated/α-hetero) is 1. The van der Waals surface area contributed by atoms with Crippen molar-refractivity contribution in [3.05, 3.63) is 57.9 Å². The number of hydrogen-bond donors (Lipinski definition) is 2. The molecule has 212 valence electrons. The van der Waals surface area contributed by atoms with E-state index in [0.29, 0.717) is 12.8 Å². The van der Waals surface area contributed by atoms with Gasteiger partial charge < -0.3 is 14.9 Å². The molecule has 39 heavy (non-hydrogen) atoms. The van der Waals surface area contributed by atoms with Crippen molar-refractivity contribution in [2.75, 3.05) is 0 Å². The number of aliphatic hydroxyl groups excluding tert-OH is 2. The Bertz CT molecular complexity index is 1260. The summed E-state index contributed by atoms with van der Waals surface area (Å²) in [6.45, 7) is 16.6. The van der Waals surface area contributed by atoms with Gasteiger partial charge in [-0.2, -0.15) is 0 Å². The van der Waals surface area contributed by atoms with Crippen LogP contribution >= 0.6 is 0 Å². The maximum absolute atomic E-state index is 14.6. The second-order valence-corrected chi connectivity index (χ2v) is 13.9. The van der Waals surface area contributed by atoms with Crippen molar-refractivity contribution in [2.45, 2.75) is 99.2 Å². The fraction of sp³-hybridized carbons (Fsp3) is 0.647. The Hall–Kier alpha value is -2.40. The second kappa shape index (κ2) is 9.33. The molecule has 1 heterocycles. The number of esters is 1. The Kier molecular flexibility index (Phi) is 6.73. The minimum atomic E-state index is -1.40. The Morgan fingerprint density at radius 1 is 0.974 bits per heavy atom. The average molecular weight is 535 g/mol. The number of carbonyl (C=O) groups excluding carboxylic acids is 2. The van der Waals surface area contributed by atoms with Crippen molar-refractivity contribution in [3.8, 4) is 0 Å². The van der Waals surface area contributed by atoms with Crippen molar-refractivity contribution < 1.29 is 24.5 Å². The standard InChI is InChI=1S/C34H46O5/c1-18-10-9-11-19(2)27-21(4)14-24-25(35)13-12-20(3)28(24)33(27,8)29(36)26-30(37)34(39-31(26)38)17-23(6)22(5)16-32(34,7)15-18/h11,14-16,20,23-25,27-28,35-36H,9-10,12-13,17H2,1-8H3/b18-15-,19-11-,29-26?/t20-,23+,24+,25-,27+,28+,32+,33+,34+/m0/s1. The van der Waals surface area contributed by atoms with Crippen molar-refractivity contribution in [1.29, 1.82) is 0 Å². The van der Waals surface area contributed by atoms with E-state index in [1.54, 1.807) is 0 Å². The van der Waals surface area contributed by atoms with Crippen LogP contribution in [0.5, 0.6) is 0 Å². The third kappa shape index (κ3) is 3.89. The lowest BCUT2D eigenvalue weighted by Crippen LogP contribution is -2.54. The summed E-state index contributed by atoms with van der Waals surface area (Å²) in [5.74, 6) is -1.51. The Balaban J connectivity index is 1.82. The molecule has 0 aromatic rings. The van der Waals surface area contributed by atoms with Gasteiger partial charge in [0, 0.05) is 23.7 Å². The van der Waals surface area contributed by atoms with E-state index < -0.39 is 34.3 Å². The molecular weight excluding hydrogens is 488 g/mol. The third-order valence-electron chi connectivity index (χ3n) is 11.2. The van der Waals surface area contributed by atoms with Gasteiger partial charge in [-0.25, -0.2) is 4.79 Å². The molecule has 0 radical (unpaired) electrons. The number of rotatable bonds is 0. The summed E-state index contributed by atoms with van der Waals surface area (Å²) in [5, 5.41) is 23.5. The highest BCUT2D eigenvalue weighted by Gasteiger charge is 2.66. The number of fused-ring (bicyclic) bond motifs is 4. The maximum atomic E-state index is 14.6. The topological polar surface area (TPSA) is 83.8 Å². The van der Waals surface area contributed by atoms with Crippen LogP contribution in [0, 0.1) is 40.4 Å². The molecule has 2 N–H and O–H groups in total. The summed E-state index contributed by atoms with van der Waals surface area (Å²) in [6, 6.07) is 0. The lowest BCUT2D eigenvalue weighted by atomic mass is 9.49. The number of ether oxygens (including phenoxy) is 1. The molecule has 5 nitrogen and oxygen atoms in total. The molecule has 5 aliphatic rings. The summed E-state index contributed by atoms with van der Waals surface area (Å²) in [6.07, 6.45) is 11.7. The molecule has 5 rings (SSSR count). The third-order valence-corrected chi connectivity index (χ3v) is 11.2. The quantitative estimate of drug-likeness (QED) is 0.200. The van der Waals surface area contributed by atoms with E-state index in [1.807, 2.05) is 13.8 Å². The van der Waals surface area contributed by atoms with Gasteiger partial charge in [-0.15, -0.1) is 0 Å². The predicted octanol–water partition coefficient (Wildman–Crippen LogP) is 6.95. The van der Waals surface area contributed by atoms with Crippen LogP contribution in [0.2, 0.25) is 0 Å². The zero-order valence-corrected chi connectivity index (χ0v) is 24.9. The first-order valence-corrected chi connectivity index (χ1v) is 14.8. The minimum Gasteiger partial charge on any atom is -0.511 e. The van der Waals surface area contributed by atoms with E-state index >= 15 is 0 Å². The zero-order valence-electron chi connectivity index (χ0n) is 24.9. The van der Waals surface area contributed by atoms with Gasteiger partial charge in [0.1, 0.15) is 11.3 Å². The molecule has 0 aromatic heterocycles. The highest BCUT2D eigenvalue weighted by atomic mass is 16.6. The van der Waals surface area contributed by atoms with E-state index in [0.717, 1.165) is 36.0 Å². The molecule has 1 saturated carbocycles. The summed E-state index contributed by atoms with van der Waals surface area (Å²) < 4.78 is 6.20. The van der Waals surface area contributed by atoms with E-state index in [9.17, 15) is 19.8 Å². The number of aliphatic hydroxyl groups is 2. The van der Waals surface area contributed by atoms with E-state index in [-0.39, 0.29) is 40.9 Å². The van der Waals surface area contributed by atoms with Crippen LogP contribution in [0.3, 0.4) is 0 Å². The van der Waals surface area contributed by atoms with Gasteiger partial charge in [-0.3, -0.25) is 4.79 Å². The SMILES string of the molecule is CC1=C[C@@]2(C)/C=C(/C)CC/C=C(/C)[C@@H]3C(C)=C[C@H]4[C@@H]([C@@H](C)CC[C@@H]4O)[C@]3(C)C(O)=C3C(=O)O[C@]2(C[C@H]1C)C3=O. The Morgan fingerprint density at radius 2 is 1.67 bits per heavy atom. The Morgan fingerprint density at radius 3 is 2.36 bits per heavy atom. The fourth-order valence-corrected chi connectivity index (χ4v) is 9.27. The molecule has 4 aliphatic carbocycles. The van der Waals surface area contributed by atoms with Gasteiger partial charge in [0.05, 0.1) is 11.5 Å². The van der Waals surface area contributed by atoms with Gasteiger partial charge in [0.25, 0.3) is 0 Å². The Labute approximate surface area is 233 Å². The maximum Gasteiger partial charge on any atom is 0.346 e. The van der Waals surface area contributed by atoms with Gasteiger partial charge in [0.2, 0.25) is 5.78 Å². The fourth-order valence-electron chi connectivity index (χ4n) is 9.27. The van der Waals surface area contributed by atoms with Crippen molar-refractivity contribution in [3.63, 3.8) is 0 Å². The summed E-state index contributed by atoms with van der Waals surface area (Å²) >= 11 is 0. The van der Waals surface area contributed by atoms with Crippen molar-refractivity contribution in [1.82, 2.24) is 0 Å². The number of ketones is 1.